The first kappa shape index (κ1) is 15.2. The lowest BCUT2D eigenvalue weighted by Gasteiger charge is -2.35. The number of rotatable bonds is 3. The van der Waals surface area contributed by atoms with E-state index >= 15 is 0 Å². The molecule has 2 rings (SSSR count). The van der Waals surface area contributed by atoms with Crippen molar-refractivity contribution in [3.63, 3.8) is 0 Å². The van der Waals surface area contributed by atoms with Gasteiger partial charge in [0, 0.05) is 25.5 Å². The van der Waals surface area contributed by atoms with Crippen molar-refractivity contribution in [3.05, 3.63) is 18.1 Å². The molecule has 1 aliphatic heterocycles. The number of anilines is 1. The van der Waals surface area contributed by atoms with E-state index in [4.69, 9.17) is 15.2 Å². The van der Waals surface area contributed by atoms with Gasteiger partial charge in [-0.2, -0.15) is 0 Å². The van der Waals surface area contributed by atoms with Crippen molar-refractivity contribution >= 4 is 17.7 Å². The molecule has 1 saturated heterocycles. The van der Waals surface area contributed by atoms with Gasteiger partial charge in [-0.05, 0) is 13.8 Å². The molecule has 0 aliphatic carbocycles. The average molecular weight is 294 g/mol. The SMILES string of the molecule is CC1CN(C(=O)COC(=O)c2nccnc2N)CC(C)O1. The monoisotopic (exact) mass is 294 g/mol. The van der Waals surface area contributed by atoms with Crippen molar-refractivity contribution in [1.29, 1.82) is 0 Å². The van der Waals surface area contributed by atoms with Crippen LogP contribution in [-0.4, -0.2) is 58.6 Å². The quantitative estimate of drug-likeness (QED) is 0.772. The summed E-state index contributed by atoms with van der Waals surface area (Å²) in [6, 6.07) is 0. The summed E-state index contributed by atoms with van der Waals surface area (Å²) in [5.41, 5.74) is 5.43. The van der Waals surface area contributed by atoms with Gasteiger partial charge in [-0.25, -0.2) is 14.8 Å². The minimum absolute atomic E-state index is 0.0245. The van der Waals surface area contributed by atoms with Gasteiger partial charge >= 0.3 is 5.97 Å². The zero-order valence-electron chi connectivity index (χ0n) is 12.0. The third kappa shape index (κ3) is 3.88. The molecule has 8 nitrogen and oxygen atoms in total. The molecule has 2 heterocycles. The Kier molecular flexibility index (Phi) is 4.69. The smallest absolute Gasteiger partial charge is 0.361 e. The highest BCUT2D eigenvalue weighted by Crippen LogP contribution is 2.11. The van der Waals surface area contributed by atoms with E-state index in [0.29, 0.717) is 13.1 Å². The fraction of sp³-hybridized carbons (Fsp3) is 0.538. The second-order valence-corrected chi connectivity index (χ2v) is 4.92. The van der Waals surface area contributed by atoms with Gasteiger partial charge in [0.2, 0.25) is 0 Å². The van der Waals surface area contributed by atoms with E-state index < -0.39 is 5.97 Å². The third-order valence-corrected chi connectivity index (χ3v) is 3.02. The molecule has 114 valence electrons. The van der Waals surface area contributed by atoms with Gasteiger partial charge in [0.05, 0.1) is 12.2 Å². The molecule has 1 aromatic heterocycles. The standard InChI is InChI=1S/C13H18N4O4/c1-8-5-17(6-9(2)21-8)10(18)7-20-13(19)11-12(14)16-4-3-15-11/h3-4,8-9H,5-7H2,1-2H3,(H2,14,16). The summed E-state index contributed by atoms with van der Waals surface area (Å²) in [4.78, 5) is 33.0. The molecule has 2 N–H and O–H groups in total. The summed E-state index contributed by atoms with van der Waals surface area (Å²) in [5.74, 6) is -1.06. The van der Waals surface area contributed by atoms with E-state index in [0.717, 1.165) is 0 Å². The van der Waals surface area contributed by atoms with Gasteiger partial charge in [-0.15, -0.1) is 0 Å². The Morgan fingerprint density at radius 3 is 2.57 bits per heavy atom. The number of ether oxygens (including phenoxy) is 2. The van der Waals surface area contributed by atoms with Crippen LogP contribution in [0.5, 0.6) is 0 Å². The number of carbonyl (C=O) groups is 2. The minimum atomic E-state index is -0.761. The van der Waals surface area contributed by atoms with Crippen LogP contribution in [0, 0.1) is 0 Å². The first-order valence-corrected chi connectivity index (χ1v) is 6.64. The van der Waals surface area contributed by atoms with Crippen molar-refractivity contribution in [2.75, 3.05) is 25.4 Å². The lowest BCUT2D eigenvalue weighted by molar-refractivity contribution is -0.146. The van der Waals surface area contributed by atoms with Crippen LogP contribution >= 0.6 is 0 Å². The second kappa shape index (κ2) is 6.49. The zero-order chi connectivity index (χ0) is 15.4. The van der Waals surface area contributed by atoms with E-state index in [1.54, 1.807) is 4.90 Å². The topological polar surface area (TPSA) is 108 Å². The van der Waals surface area contributed by atoms with Crippen LogP contribution in [-0.2, 0) is 14.3 Å². The Labute approximate surface area is 122 Å². The van der Waals surface area contributed by atoms with Crippen molar-refractivity contribution < 1.29 is 19.1 Å². The van der Waals surface area contributed by atoms with E-state index in [-0.39, 0.29) is 36.2 Å². The Morgan fingerprint density at radius 2 is 1.95 bits per heavy atom. The number of carbonyl (C=O) groups excluding carboxylic acids is 2. The van der Waals surface area contributed by atoms with E-state index in [2.05, 4.69) is 9.97 Å². The van der Waals surface area contributed by atoms with Crippen molar-refractivity contribution in [3.8, 4) is 0 Å². The van der Waals surface area contributed by atoms with Crippen LogP contribution in [0.3, 0.4) is 0 Å². The number of nitrogens with two attached hydrogens (primary N) is 1. The lowest BCUT2D eigenvalue weighted by atomic mass is 10.2. The van der Waals surface area contributed by atoms with Crippen molar-refractivity contribution in [2.24, 2.45) is 0 Å². The molecule has 21 heavy (non-hydrogen) atoms. The highest BCUT2D eigenvalue weighted by Gasteiger charge is 2.26. The molecule has 2 atom stereocenters. The van der Waals surface area contributed by atoms with Gasteiger partial charge in [-0.3, -0.25) is 4.79 Å². The average Bonchev–Trinajstić information content (AvgIpc) is 2.43. The molecular weight excluding hydrogens is 276 g/mol. The molecule has 1 aliphatic rings. The van der Waals surface area contributed by atoms with Crippen LogP contribution < -0.4 is 5.73 Å². The number of amides is 1. The normalized spacial score (nSPS) is 21.9. The number of aromatic nitrogens is 2. The fourth-order valence-corrected chi connectivity index (χ4v) is 2.17. The van der Waals surface area contributed by atoms with Crippen LogP contribution in [0.1, 0.15) is 24.3 Å². The predicted octanol–water partition coefficient (Wildman–Crippen LogP) is -0.149. The molecule has 1 aromatic rings. The largest absolute Gasteiger partial charge is 0.451 e. The summed E-state index contributed by atoms with van der Waals surface area (Å²) in [6.45, 7) is 4.39. The zero-order valence-corrected chi connectivity index (χ0v) is 12.0. The predicted molar refractivity (Wildman–Crippen MR) is 73.3 cm³/mol. The lowest BCUT2D eigenvalue weighted by Crippen LogP contribution is -2.49. The highest BCUT2D eigenvalue weighted by atomic mass is 16.5. The van der Waals surface area contributed by atoms with Gasteiger partial charge in [0.25, 0.3) is 5.91 Å². The molecular formula is C13H18N4O4. The maximum atomic E-state index is 12.0. The Bertz CT molecular complexity index is 527. The van der Waals surface area contributed by atoms with Crippen LogP contribution in [0.15, 0.2) is 12.4 Å². The summed E-state index contributed by atoms with van der Waals surface area (Å²) < 4.78 is 10.5. The van der Waals surface area contributed by atoms with Crippen LogP contribution in [0.2, 0.25) is 0 Å². The first-order valence-electron chi connectivity index (χ1n) is 6.64. The van der Waals surface area contributed by atoms with Crippen LogP contribution in [0.25, 0.3) is 0 Å². The van der Waals surface area contributed by atoms with E-state index in [1.165, 1.54) is 12.4 Å². The number of esters is 1. The summed E-state index contributed by atoms with van der Waals surface area (Å²) in [7, 11) is 0. The highest BCUT2D eigenvalue weighted by molar-refractivity contribution is 5.93. The maximum absolute atomic E-state index is 12.0. The summed E-state index contributed by atoms with van der Waals surface area (Å²) in [5, 5.41) is 0. The first-order chi connectivity index (χ1) is 9.97. The molecule has 1 amide bonds. The minimum Gasteiger partial charge on any atom is -0.451 e. The number of nitrogen functional groups attached to an aromatic ring is 1. The van der Waals surface area contributed by atoms with Gasteiger partial charge < -0.3 is 20.1 Å². The molecule has 2 unspecified atom stereocenters. The summed E-state index contributed by atoms with van der Waals surface area (Å²) in [6.07, 6.45) is 2.63. The molecule has 0 bridgehead atoms. The maximum Gasteiger partial charge on any atom is 0.361 e. The van der Waals surface area contributed by atoms with Gasteiger partial charge in [0.15, 0.2) is 18.1 Å². The van der Waals surface area contributed by atoms with Crippen molar-refractivity contribution in [1.82, 2.24) is 14.9 Å². The molecule has 0 aromatic carbocycles. The molecule has 1 fully saturated rings. The second-order valence-electron chi connectivity index (χ2n) is 4.92. The van der Waals surface area contributed by atoms with E-state index in [9.17, 15) is 9.59 Å². The molecule has 8 heteroatoms. The van der Waals surface area contributed by atoms with Crippen molar-refractivity contribution in [2.45, 2.75) is 26.1 Å². The molecule has 0 radical (unpaired) electrons. The molecule has 0 saturated carbocycles. The number of hydrogen-bond acceptors (Lipinski definition) is 7. The summed E-state index contributed by atoms with van der Waals surface area (Å²) >= 11 is 0. The Balaban J connectivity index is 1.89. The van der Waals surface area contributed by atoms with Gasteiger partial charge in [0.1, 0.15) is 0 Å². The third-order valence-electron chi connectivity index (χ3n) is 3.02. The Hall–Kier alpha value is -2.22. The van der Waals surface area contributed by atoms with E-state index in [1.807, 2.05) is 13.8 Å². The molecule has 0 spiro atoms. The fourth-order valence-electron chi connectivity index (χ4n) is 2.17. The number of hydrogen-bond donors (Lipinski definition) is 1. The Morgan fingerprint density at radius 1 is 1.33 bits per heavy atom. The number of nitrogens with zero attached hydrogens (tertiary/aromatic N) is 3. The van der Waals surface area contributed by atoms with Crippen LogP contribution in [0.4, 0.5) is 5.82 Å². The number of morpholine rings is 1. The van der Waals surface area contributed by atoms with Gasteiger partial charge in [-0.1, -0.05) is 0 Å².